The van der Waals surface area contributed by atoms with Crippen molar-refractivity contribution < 1.29 is 4.39 Å². The minimum atomic E-state index is -0.151. The van der Waals surface area contributed by atoms with Crippen molar-refractivity contribution in [3.05, 3.63) is 35.1 Å². The Hall–Kier alpha value is -0.890. The van der Waals surface area contributed by atoms with Gasteiger partial charge in [0.15, 0.2) is 0 Å². The van der Waals surface area contributed by atoms with Crippen LogP contribution in [0, 0.1) is 24.1 Å². The summed E-state index contributed by atoms with van der Waals surface area (Å²) in [5.41, 5.74) is 8.38. The van der Waals surface area contributed by atoms with E-state index in [-0.39, 0.29) is 11.2 Å². The van der Waals surface area contributed by atoms with Crippen LogP contribution >= 0.6 is 0 Å². The van der Waals surface area contributed by atoms with Gasteiger partial charge in [-0.25, -0.2) is 4.39 Å². The molecule has 2 rings (SSSR count). The summed E-state index contributed by atoms with van der Waals surface area (Å²) in [7, 11) is 0. The minimum Gasteiger partial charge on any atom is -0.330 e. The number of aryl methyl sites for hydroxylation is 1. The summed E-state index contributed by atoms with van der Waals surface area (Å²) >= 11 is 0. The summed E-state index contributed by atoms with van der Waals surface area (Å²) < 4.78 is 13.0. The first kappa shape index (κ1) is 11.6. The first-order valence-corrected chi connectivity index (χ1v) is 6.00. The van der Waals surface area contributed by atoms with E-state index in [0.717, 1.165) is 17.9 Å². The van der Waals surface area contributed by atoms with Gasteiger partial charge >= 0.3 is 0 Å². The molecule has 1 aromatic carbocycles. The van der Waals surface area contributed by atoms with E-state index in [2.05, 4.69) is 6.92 Å². The second-order valence-corrected chi connectivity index (χ2v) is 5.38. The summed E-state index contributed by atoms with van der Waals surface area (Å²) in [4.78, 5) is 0. The van der Waals surface area contributed by atoms with Gasteiger partial charge < -0.3 is 5.73 Å². The quantitative estimate of drug-likeness (QED) is 0.831. The number of halogens is 1. The molecule has 0 aromatic heterocycles. The number of hydrogen-bond donors (Lipinski definition) is 1. The predicted octanol–water partition coefficient (Wildman–Crippen LogP) is 3.05. The van der Waals surface area contributed by atoms with E-state index < -0.39 is 0 Å². The molecule has 1 nitrogen and oxygen atoms in total. The smallest absolute Gasteiger partial charge is 0.123 e. The molecule has 2 N–H and O–H groups in total. The lowest BCUT2D eigenvalue weighted by atomic mass is 9.78. The van der Waals surface area contributed by atoms with E-state index in [9.17, 15) is 4.39 Å². The van der Waals surface area contributed by atoms with Gasteiger partial charge in [0, 0.05) is 0 Å². The summed E-state index contributed by atoms with van der Waals surface area (Å²) in [6.07, 6.45) is 3.57. The lowest BCUT2D eigenvalue weighted by molar-refractivity contribution is 0.281. The van der Waals surface area contributed by atoms with Crippen molar-refractivity contribution in [3.63, 3.8) is 0 Å². The van der Waals surface area contributed by atoms with Crippen LogP contribution in [0.3, 0.4) is 0 Å². The monoisotopic (exact) mass is 221 g/mol. The first-order valence-electron chi connectivity index (χ1n) is 6.00. The minimum absolute atomic E-state index is 0.151. The van der Waals surface area contributed by atoms with Gasteiger partial charge in [-0.2, -0.15) is 0 Å². The molecule has 1 fully saturated rings. The van der Waals surface area contributed by atoms with Crippen molar-refractivity contribution in [3.8, 4) is 0 Å². The largest absolute Gasteiger partial charge is 0.330 e. The van der Waals surface area contributed by atoms with E-state index in [0.29, 0.717) is 6.54 Å². The average molecular weight is 221 g/mol. The Morgan fingerprint density at radius 1 is 1.44 bits per heavy atom. The van der Waals surface area contributed by atoms with Crippen LogP contribution in [0.25, 0.3) is 0 Å². The van der Waals surface area contributed by atoms with Crippen molar-refractivity contribution >= 4 is 0 Å². The van der Waals surface area contributed by atoms with E-state index in [1.165, 1.54) is 18.4 Å². The van der Waals surface area contributed by atoms with Gasteiger partial charge in [0.05, 0.1) is 0 Å². The van der Waals surface area contributed by atoms with Crippen molar-refractivity contribution in [1.29, 1.82) is 0 Å². The molecule has 0 amide bonds. The van der Waals surface area contributed by atoms with E-state index in [1.807, 2.05) is 13.0 Å². The third kappa shape index (κ3) is 2.27. The van der Waals surface area contributed by atoms with Gasteiger partial charge in [0.25, 0.3) is 0 Å². The van der Waals surface area contributed by atoms with E-state index in [1.54, 1.807) is 12.1 Å². The van der Waals surface area contributed by atoms with Crippen molar-refractivity contribution in [2.24, 2.45) is 17.1 Å². The normalized spacial score (nSPS) is 19.5. The topological polar surface area (TPSA) is 26.0 Å². The van der Waals surface area contributed by atoms with Crippen molar-refractivity contribution in [1.82, 2.24) is 0 Å². The maximum atomic E-state index is 13.0. The van der Waals surface area contributed by atoms with Crippen LogP contribution < -0.4 is 5.73 Å². The van der Waals surface area contributed by atoms with Crippen LogP contribution in [0.2, 0.25) is 0 Å². The highest BCUT2D eigenvalue weighted by atomic mass is 19.1. The fourth-order valence-electron chi connectivity index (χ4n) is 2.46. The Morgan fingerprint density at radius 2 is 2.12 bits per heavy atom. The summed E-state index contributed by atoms with van der Waals surface area (Å²) in [5.74, 6) is 0.615. The molecule has 88 valence electrons. The molecule has 2 heteroatoms. The SMILES string of the molecule is Cc1cc(F)ccc1CC(C)(CN)C1CC1. The van der Waals surface area contributed by atoms with Crippen LogP contribution in [0.4, 0.5) is 4.39 Å². The number of hydrogen-bond acceptors (Lipinski definition) is 1. The highest BCUT2D eigenvalue weighted by molar-refractivity contribution is 5.28. The highest BCUT2D eigenvalue weighted by Gasteiger charge is 2.40. The van der Waals surface area contributed by atoms with Gasteiger partial charge in [-0.1, -0.05) is 13.0 Å². The molecule has 0 saturated heterocycles. The Bertz CT molecular complexity index is 384. The molecule has 1 unspecified atom stereocenters. The van der Waals surface area contributed by atoms with E-state index in [4.69, 9.17) is 5.73 Å². The maximum Gasteiger partial charge on any atom is 0.123 e. The highest BCUT2D eigenvalue weighted by Crippen LogP contribution is 2.46. The summed E-state index contributed by atoms with van der Waals surface area (Å²) in [5, 5.41) is 0. The van der Waals surface area contributed by atoms with Crippen LogP contribution in [0.5, 0.6) is 0 Å². The summed E-state index contributed by atoms with van der Waals surface area (Å²) in [6.45, 7) is 4.95. The van der Waals surface area contributed by atoms with Gasteiger partial charge in [-0.05, 0) is 67.3 Å². The van der Waals surface area contributed by atoms with Crippen LogP contribution in [-0.4, -0.2) is 6.54 Å². The van der Waals surface area contributed by atoms with Crippen LogP contribution in [0.1, 0.15) is 30.9 Å². The third-order valence-electron chi connectivity index (χ3n) is 3.93. The standard InChI is InChI=1S/C14H20FN/c1-10-7-13(15)6-3-11(10)8-14(2,9-16)12-4-5-12/h3,6-7,12H,4-5,8-9,16H2,1-2H3. The Kier molecular flexibility index (Phi) is 3.02. The van der Waals surface area contributed by atoms with Crippen LogP contribution in [0.15, 0.2) is 18.2 Å². The first-order chi connectivity index (χ1) is 7.55. The lowest BCUT2D eigenvalue weighted by Gasteiger charge is -2.28. The Balaban J connectivity index is 2.18. The van der Waals surface area contributed by atoms with Gasteiger partial charge in [-0.3, -0.25) is 0 Å². The average Bonchev–Trinajstić information content (AvgIpc) is 3.06. The molecule has 0 bridgehead atoms. The second-order valence-electron chi connectivity index (χ2n) is 5.38. The van der Waals surface area contributed by atoms with Crippen molar-refractivity contribution in [2.45, 2.75) is 33.1 Å². The van der Waals surface area contributed by atoms with Gasteiger partial charge in [-0.15, -0.1) is 0 Å². The van der Waals surface area contributed by atoms with E-state index >= 15 is 0 Å². The molecular formula is C14H20FN. The molecule has 1 aliphatic carbocycles. The van der Waals surface area contributed by atoms with Gasteiger partial charge in [0.1, 0.15) is 5.82 Å². The van der Waals surface area contributed by atoms with Crippen LogP contribution in [-0.2, 0) is 6.42 Å². The molecule has 16 heavy (non-hydrogen) atoms. The number of rotatable bonds is 4. The van der Waals surface area contributed by atoms with Gasteiger partial charge in [0.2, 0.25) is 0 Å². The Labute approximate surface area is 96.9 Å². The lowest BCUT2D eigenvalue weighted by Crippen LogP contribution is -2.32. The fourth-order valence-corrected chi connectivity index (χ4v) is 2.46. The maximum absolute atomic E-state index is 13.0. The second kappa shape index (κ2) is 4.17. The molecule has 0 spiro atoms. The third-order valence-corrected chi connectivity index (χ3v) is 3.93. The fraction of sp³-hybridized carbons (Fsp3) is 0.571. The number of benzene rings is 1. The molecule has 0 aliphatic heterocycles. The Morgan fingerprint density at radius 3 is 2.62 bits per heavy atom. The molecule has 1 saturated carbocycles. The predicted molar refractivity (Wildman–Crippen MR) is 64.7 cm³/mol. The molecular weight excluding hydrogens is 201 g/mol. The summed E-state index contributed by atoms with van der Waals surface area (Å²) in [6, 6.07) is 5.06. The zero-order valence-corrected chi connectivity index (χ0v) is 10.1. The number of nitrogens with two attached hydrogens (primary N) is 1. The zero-order valence-electron chi connectivity index (χ0n) is 10.1. The molecule has 1 aromatic rings. The molecule has 0 heterocycles. The molecule has 1 atom stereocenters. The van der Waals surface area contributed by atoms with Crippen molar-refractivity contribution in [2.75, 3.05) is 6.54 Å². The molecule has 0 radical (unpaired) electrons. The zero-order chi connectivity index (χ0) is 11.8. The molecule has 1 aliphatic rings.